The van der Waals surface area contributed by atoms with Gasteiger partial charge in [-0.15, -0.1) is 0 Å². The first-order chi connectivity index (χ1) is 13.9. The molecule has 1 heterocycles. The Balaban J connectivity index is 1.47. The number of benzene rings is 2. The lowest BCUT2D eigenvalue weighted by molar-refractivity contribution is -0.115. The summed E-state index contributed by atoms with van der Waals surface area (Å²) in [6.45, 7) is 6.04. The number of hydrogen-bond acceptors (Lipinski definition) is 4. The number of carbonyl (C=O) groups excluding carboxylic acids is 2. The fourth-order valence-corrected chi connectivity index (χ4v) is 2.64. The van der Waals surface area contributed by atoms with Gasteiger partial charge in [-0.2, -0.15) is 0 Å². The van der Waals surface area contributed by atoms with E-state index in [1.54, 1.807) is 12.1 Å². The smallest absolute Gasteiger partial charge is 0.287 e. The molecule has 0 saturated carbocycles. The maximum absolute atomic E-state index is 12.2. The maximum atomic E-state index is 12.2. The third-order valence-corrected chi connectivity index (χ3v) is 4.49. The number of ether oxygens (including phenoxy) is 1. The average Bonchev–Trinajstić information content (AvgIpc) is 3.18. The highest BCUT2D eigenvalue weighted by Gasteiger charge is 2.13. The van der Waals surface area contributed by atoms with Gasteiger partial charge in [0.1, 0.15) is 18.1 Å². The molecule has 0 aliphatic rings. The average molecular weight is 392 g/mol. The number of carbonyl (C=O) groups is 2. The summed E-state index contributed by atoms with van der Waals surface area (Å²) >= 11 is 0. The predicted molar refractivity (Wildman–Crippen MR) is 111 cm³/mol. The maximum Gasteiger partial charge on any atom is 0.287 e. The second kappa shape index (κ2) is 9.10. The molecule has 3 aromatic rings. The molecule has 6 nitrogen and oxygen atoms in total. The van der Waals surface area contributed by atoms with Crippen molar-refractivity contribution in [3.63, 3.8) is 0 Å². The minimum Gasteiger partial charge on any atom is -0.486 e. The van der Waals surface area contributed by atoms with Gasteiger partial charge in [-0.05, 0) is 68.3 Å². The van der Waals surface area contributed by atoms with E-state index in [0.717, 1.165) is 22.4 Å². The van der Waals surface area contributed by atoms with Crippen molar-refractivity contribution >= 4 is 17.5 Å². The van der Waals surface area contributed by atoms with Crippen LogP contribution in [0, 0.1) is 20.8 Å². The molecule has 0 unspecified atom stereocenters. The zero-order valence-corrected chi connectivity index (χ0v) is 16.7. The Morgan fingerprint density at radius 2 is 1.69 bits per heavy atom. The Bertz CT molecular complexity index is 1010. The van der Waals surface area contributed by atoms with Gasteiger partial charge >= 0.3 is 0 Å². The van der Waals surface area contributed by atoms with E-state index in [-0.39, 0.29) is 24.8 Å². The third-order valence-electron chi connectivity index (χ3n) is 4.49. The van der Waals surface area contributed by atoms with Gasteiger partial charge in [-0.1, -0.05) is 23.8 Å². The molecule has 0 spiro atoms. The van der Waals surface area contributed by atoms with Crippen molar-refractivity contribution in [1.82, 2.24) is 5.32 Å². The minimum atomic E-state index is -0.457. The van der Waals surface area contributed by atoms with E-state index in [2.05, 4.69) is 10.6 Å². The van der Waals surface area contributed by atoms with Crippen molar-refractivity contribution in [3.8, 4) is 5.75 Å². The second-order valence-electron chi connectivity index (χ2n) is 6.90. The lowest BCUT2D eigenvalue weighted by Gasteiger charge is -2.08. The van der Waals surface area contributed by atoms with Crippen LogP contribution in [0.1, 0.15) is 33.0 Å². The monoisotopic (exact) mass is 392 g/mol. The van der Waals surface area contributed by atoms with Gasteiger partial charge < -0.3 is 19.8 Å². The van der Waals surface area contributed by atoms with Crippen LogP contribution in [0.15, 0.2) is 59.0 Å². The van der Waals surface area contributed by atoms with Gasteiger partial charge in [0.25, 0.3) is 5.91 Å². The fourth-order valence-electron chi connectivity index (χ4n) is 2.64. The number of rotatable bonds is 7. The molecule has 0 aliphatic carbocycles. The van der Waals surface area contributed by atoms with Crippen LogP contribution in [0.25, 0.3) is 0 Å². The number of anilines is 1. The molecule has 2 amide bonds. The summed E-state index contributed by atoms with van der Waals surface area (Å²) in [6.07, 6.45) is 0. The molecular weight excluding hydrogens is 368 g/mol. The number of nitrogens with one attached hydrogen (secondary N) is 2. The molecule has 2 aromatic carbocycles. The van der Waals surface area contributed by atoms with Crippen LogP contribution < -0.4 is 15.4 Å². The van der Waals surface area contributed by atoms with Crippen molar-refractivity contribution in [3.05, 3.63) is 82.8 Å². The van der Waals surface area contributed by atoms with Crippen LogP contribution in [0.5, 0.6) is 5.75 Å². The van der Waals surface area contributed by atoms with Gasteiger partial charge in [0.15, 0.2) is 5.76 Å². The fraction of sp³-hybridized carbons (Fsp3) is 0.217. The highest BCUT2D eigenvalue weighted by molar-refractivity contribution is 5.98. The molecular formula is C23H24N2O4. The molecule has 0 atom stereocenters. The van der Waals surface area contributed by atoms with Gasteiger partial charge in [-0.25, -0.2) is 0 Å². The normalized spacial score (nSPS) is 10.4. The lowest BCUT2D eigenvalue weighted by atomic mass is 10.1. The van der Waals surface area contributed by atoms with E-state index in [9.17, 15) is 9.59 Å². The summed E-state index contributed by atoms with van der Waals surface area (Å²) < 4.78 is 11.1. The first-order valence-corrected chi connectivity index (χ1v) is 9.34. The van der Waals surface area contributed by atoms with E-state index in [1.807, 2.05) is 63.2 Å². The zero-order chi connectivity index (χ0) is 20.8. The summed E-state index contributed by atoms with van der Waals surface area (Å²) in [7, 11) is 0. The van der Waals surface area contributed by atoms with E-state index < -0.39 is 5.91 Å². The highest BCUT2D eigenvalue weighted by atomic mass is 16.5. The Morgan fingerprint density at radius 1 is 0.931 bits per heavy atom. The van der Waals surface area contributed by atoms with Gasteiger partial charge in [0.05, 0.1) is 6.54 Å². The summed E-state index contributed by atoms with van der Waals surface area (Å²) in [4.78, 5) is 24.3. The molecule has 0 radical (unpaired) electrons. The first kappa shape index (κ1) is 20.2. The van der Waals surface area contributed by atoms with Gasteiger partial charge in [0.2, 0.25) is 5.91 Å². The van der Waals surface area contributed by atoms with Crippen molar-refractivity contribution in [2.45, 2.75) is 27.4 Å². The zero-order valence-electron chi connectivity index (χ0n) is 16.7. The Labute approximate surface area is 169 Å². The van der Waals surface area contributed by atoms with Crippen LogP contribution in [-0.4, -0.2) is 18.4 Å². The first-order valence-electron chi connectivity index (χ1n) is 9.34. The number of aryl methyl sites for hydroxylation is 3. The molecule has 0 bridgehead atoms. The highest BCUT2D eigenvalue weighted by Crippen LogP contribution is 2.16. The number of furan rings is 1. The quantitative estimate of drug-likeness (QED) is 0.633. The van der Waals surface area contributed by atoms with E-state index >= 15 is 0 Å². The number of hydrogen-bond donors (Lipinski definition) is 2. The number of amides is 2. The van der Waals surface area contributed by atoms with Gasteiger partial charge in [-0.3, -0.25) is 9.59 Å². The molecule has 2 N–H and O–H groups in total. The summed E-state index contributed by atoms with van der Waals surface area (Å²) in [5.41, 5.74) is 4.08. The van der Waals surface area contributed by atoms with E-state index in [1.165, 1.54) is 0 Å². The van der Waals surface area contributed by atoms with Crippen LogP contribution in [-0.2, 0) is 11.4 Å². The molecule has 0 aliphatic heterocycles. The second-order valence-corrected chi connectivity index (χ2v) is 6.90. The van der Waals surface area contributed by atoms with Crippen molar-refractivity contribution in [2.24, 2.45) is 0 Å². The molecule has 0 saturated heterocycles. The SMILES string of the molecule is Cc1ccc(OCc2ccc(C(=O)NCC(=O)Nc3ccc(C)c(C)c3)o2)cc1. The molecule has 3 rings (SSSR count). The van der Waals surface area contributed by atoms with Crippen LogP contribution in [0.2, 0.25) is 0 Å². The summed E-state index contributed by atoms with van der Waals surface area (Å²) in [5, 5.41) is 5.31. The summed E-state index contributed by atoms with van der Waals surface area (Å²) in [6, 6.07) is 16.6. The predicted octanol–water partition coefficient (Wildman–Crippen LogP) is 4.15. The lowest BCUT2D eigenvalue weighted by Crippen LogP contribution is -2.32. The largest absolute Gasteiger partial charge is 0.486 e. The van der Waals surface area contributed by atoms with E-state index in [4.69, 9.17) is 9.15 Å². The molecule has 6 heteroatoms. The Kier molecular flexibility index (Phi) is 6.34. The van der Waals surface area contributed by atoms with E-state index in [0.29, 0.717) is 11.4 Å². The van der Waals surface area contributed by atoms with Crippen LogP contribution in [0.4, 0.5) is 5.69 Å². The third kappa shape index (κ3) is 5.72. The Hall–Kier alpha value is -3.54. The molecule has 150 valence electrons. The van der Waals surface area contributed by atoms with Crippen molar-refractivity contribution < 1.29 is 18.7 Å². The van der Waals surface area contributed by atoms with Crippen LogP contribution in [0.3, 0.4) is 0 Å². The topological polar surface area (TPSA) is 80.6 Å². The molecule has 29 heavy (non-hydrogen) atoms. The standard InChI is InChI=1S/C23H24N2O4/c1-15-4-8-19(9-5-15)28-14-20-10-11-21(29-20)23(27)24-13-22(26)25-18-7-6-16(2)17(3)12-18/h4-12H,13-14H2,1-3H3,(H,24,27)(H,25,26). The Morgan fingerprint density at radius 3 is 2.41 bits per heavy atom. The van der Waals surface area contributed by atoms with Crippen molar-refractivity contribution in [2.75, 3.05) is 11.9 Å². The van der Waals surface area contributed by atoms with Gasteiger partial charge in [0, 0.05) is 5.69 Å². The summed E-state index contributed by atoms with van der Waals surface area (Å²) in [5.74, 6) is 0.612. The minimum absolute atomic E-state index is 0.131. The molecule has 0 fully saturated rings. The molecule has 1 aromatic heterocycles. The van der Waals surface area contributed by atoms with Crippen molar-refractivity contribution in [1.29, 1.82) is 0 Å². The van der Waals surface area contributed by atoms with Crippen LogP contribution >= 0.6 is 0 Å².